The minimum Gasteiger partial charge on any atom is -0.494 e. The maximum atomic E-state index is 6.17. The van der Waals surface area contributed by atoms with Gasteiger partial charge in [-0.25, -0.2) is 0 Å². The normalized spacial score (nSPS) is 10.9. The quantitative estimate of drug-likeness (QED) is 0.819. The molecule has 0 amide bonds. The number of benzene rings is 2. The van der Waals surface area contributed by atoms with Crippen LogP contribution in [0.25, 0.3) is 11.1 Å². The van der Waals surface area contributed by atoms with E-state index in [1.54, 1.807) is 0 Å². The van der Waals surface area contributed by atoms with E-state index < -0.39 is 0 Å². The highest BCUT2D eigenvalue weighted by Crippen LogP contribution is 2.28. The minimum absolute atomic E-state index is 0.453. The Labute approximate surface area is 132 Å². The molecule has 0 aromatic heterocycles. The van der Waals surface area contributed by atoms with Crippen LogP contribution in [0.3, 0.4) is 0 Å². The molecule has 2 rings (SSSR count). The van der Waals surface area contributed by atoms with E-state index >= 15 is 0 Å². The van der Waals surface area contributed by atoms with Crippen LogP contribution < -0.4 is 10.1 Å². The van der Waals surface area contributed by atoms with E-state index in [0.717, 1.165) is 22.9 Å². The molecule has 0 aliphatic heterocycles. The Morgan fingerprint density at radius 3 is 2.43 bits per heavy atom. The van der Waals surface area contributed by atoms with Crippen LogP contribution in [0.1, 0.15) is 26.3 Å². The Morgan fingerprint density at radius 2 is 1.81 bits per heavy atom. The van der Waals surface area contributed by atoms with Gasteiger partial charge in [-0.1, -0.05) is 43.6 Å². The summed E-state index contributed by atoms with van der Waals surface area (Å²) >= 11 is 6.17. The maximum Gasteiger partial charge on any atom is 0.119 e. The molecular formula is C18H22ClNO. The second kappa shape index (κ2) is 7.48. The third-order valence-corrected chi connectivity index (χ3v) is 3.48. The average molecular weight is 304 g/mol. The van der Waals surface area contributed by atoms with Gasteiger partial charge < -0.3 is 10.1 Å². The van der Waals surface area contributed by atoms with Crippen LogP contribution in [0.5, 0.6) is 5.75 Å². The fraction of sp³-hybridized carbons (Fsp3) is 0.333. The topological polar surface area (TPSA) is 21.3 Å². The standard InChI is InChI=1S/C18H22ClNO/c1-4-21-17-9-6-14(7-10-17)18-11-16(19)8-5-15(18)12-20-13(2)3/h5-11,13,20H,4,12H2,1-3H3. The van der Waals surface area contributed by atoms with Crippen LogP contribution in [0.15, 0.2) is 42.5 Å². The first-order chi connectivity index (χ1) is 10.1. The van der Waals surface area contributed by atoms with Crippen molar-refractivity contribution in [2.75, 3.05) is 6.61 Å². The van der Waals surface area contributed by atoms with Gasteiger partial charge in [0.05, 0.1) is 6.61 Å². The summed E-state index contributed by atoms with van der Waals surface area (Å²) in [5, 5.41) is 4.21. The van der Waals surface area contributed by atoms with E-state index in [-0.39, 0.29) is 0 Å². The number of ether oxygens (including phenoxy) is 1. The molecule has 0 fully saturated rings. The fourth-order valence-corrected chi connectivity index (χ4v) is 2.36. The van der Waals surface area contributed by atoms with Crippen LogP contribution in [-0.2, 0) is 6.54 Å². The molecule has 2 nitrogen and oxygen atoms in total. The SMILES string of the molecule is CCOc1ccc(-c2cc(Cl)ccc2CNC(C)C)cc1. The third-order valence-electron chi connectivity index (χ3n) is 3.25. The highest BCUT2D eigenvalue weighted by molar-refractivity contribution is 6.30. The molecule has 0 radical (unpaired) electrons. The zero-order valence-corrected chi connectivity index (χ0v) is 13.6. The lowest BCUT2D eigenvalue weighted by Gasteiger charge is -2.14. The smallest absolute Gasteiger partial charge is 0.119 e. The molecule has 0 aliphatic rings. The molecule has 21 heavy (non-hydrogen) atoms. The lowest BCUT2D eigenvalue weighted by Crippen LogP contribution is -2.22. The van der Waals surface area contributed by atoms with Crippen molar-refractivity contribution in [3.05, 3.63) is 53.1 Å². The van der Waals surface area contributed by atoms with Crippen molar-refractivity contribution in [3.63, 3.8) is 0 Å². The molecule has 2 aromatic rings. The molecule has 0 bridgehead atoms. The van der Waals surface area contributed by atoms with Gasteiger partial charge in [-0.05, 0) is 47.9 Å². The van der Waals surface area contributed by atoms with Gasteiger partial charge in [-0.15, -0.1) is 0 Å². The van der Waals surface area contributed by atoms with Crippen molar-refractivity contribution in [3.8, 4) is 16.9 Å². The lowest BCUT2D eigenvalue weighted by molar-refractivity contribution is 0.340. The predicted octanol–water partition coefficient (Wildman–Crippen LogP) is 4.90. The van der Waals surface area contributed by atoms with Gasteiger partial charge in [0, 0.05) is 17.6 Å². The summed E-state index contributed by atoms with van der Waals surface area (Å²) in [6.45, 7) is 7.79. The van der Waals surface area contributed by atoms with Crippen LogP contribution >= 0.6 is 11.6 Å². The monoisotopic (exact) mass is 303 g/mol. The molecule has 0 heterocycles. The van der Waals surface area contributed by atoms with E-state index in [1.165, 1.54) is 11.1 Å². The van der Waals surface area contributed by atoms with Crippen molar-refractivity contribution in [2.45, 2.75) is 33.4 Å². The first kappa shape index (κ1) is 15.9. The van der Waals surface area contributed by atoms with Gasteiger partial charge in [0.25, 0.3) is 0 Å². The Hall–Kier alpha value is -1.51. The summed E-state index contributed by atoms with van der Waals surface area (Å²) in [6.07, 6.45) is 0. The summed E-state index contributed by atoms with van der Waals surface area (Å²) < 4.78 is 5.49. The highest BCUT2D eigenvalue weighted by Gasteiger charge is 2.07. The molecule has 0 saturated carbocycles. The molecule has 0 unspecified atom stereocenters. The van der Waals surface area contributed by atoms with Gasteiger partial charge in [0.15, 0.2) is 0 Å². The largest absolute Gasteiger partial charge is 0.494 e. The zero-order chi connectivity index (χ0) is 15.2. The number of rotatable bonds is 6. The first-order valence-corrected chi connectivity index (χ1v) is 7.73. The molecule has 0 atom stereocenters. The average Bonchev–Trinajstić information content (AvgIpc) is 2.47. The van der Waals surface area contributed by atoms with Crippen LogP contribution in [0.4, 0.5) is 0 Å². The molecule has 2 aromatic carbocycles. The second-order valence-corrected chi connectivity index (χ2v) is 5.73. The van der Waals surface area contributed by atoms with Crippen molar-refractivity contribution >= 4 is 11.6 Å². The Bertz CT molecular complexity index is 578. The fourth-order valence-electron chi connectivity index (χ4n) is 2.18. The molecule has 0 spiro atoms. The number of halogens is 1. The van der Waals surface area contributed by atoms with Crippen LogP contribution in [0.2, 0.25) is 5.02 Å². The van der Waals surface area contributed by atoms with E-state index in [1.807, 2.05) is 31.2 Å². The van der Waals surface area contributed by atoms with Gasteiger partial charge in [0.2, 0.25) is 0 Å². The molecule has 0 saturated heterocycles. The minimum atomic E-state index is 0.453. The van der Waals surface area contributed by atoms with Crippen molar-refractivity contribution in [1.82, 2.24) is 5.32 Å². The molecule has 0 aliphatic carbocycles. The number of hydrogen-bond acceptors (Lipinski definition) is 2. The zero-order valence-electron chi connectivity index (χ0n) is 12.8. The number of hydrogen-bond donors (Lipinski definition) is 1. The summed E-state index contributed by atoms with van der Waals surface area (Å²) in [6, 6.07) is 14.7. The third kappa shape index (κ3) is 4.48. The Kier molecular flexibility index (Phi) is 5.66. The molecule has 1 N–H and O–H groups in total. The van der Waals surface area contributed by atoms with Gasteiger partial charge in [-0.2, -0.15) is 0 Å². The van der Waals surface area contributed by atoms with Crippen molar-refractivity contribution < 1.29 is 4.74 Å². The van der Waals surface area contributed by atoms with E-state index in [0.29, 0.717) is 12.6 Å². The predicted molar refractivity (Wildman–Crippen MR) is 90.0 cm³/mol. The van der Waals surface area contributed by atoms with Gasteiger partial charge >= 0.3 is 0 Å². The Balaban J connectivity index is 2.30. The molecule has 112 valence electrons. The summed E-state index contributed by atoms with van der Waals surface area (Å²) in [5.74, 6) is 0.894. The van der Waals surface area contributed by atoms with Crippen LogP contribution in [0, 0.1) is 0 Å². The van der Waals surface area contributed by atoms with Gasteiger partial charge in [-0.3, -0.25) is 0 Å². The summed E-state index contributed by atoms with van der Waals surface area (Å²) in [7, 11) is 0. The summed E-state index contributed by atoms with van der Waals surface area (Å²) in [4.78, 5) is 0. The van der Waals surface area contributed by atoms with Gasteiger partial charge in [0.1, 0.15) is 5.75 Å². The molecular weight excluding hydrogens is 282 g/mol. The Morgan fingerprint density at radius 1 is 1.10 bits per heavy atom. The first-order valence-electron chi connectivity index (χ1n) is 7.35. The van der Waals surface area contributed by atoms with E-state index in [9.17, 15) is 0 Å². The van der Waals surface area contributed by atoms with Crippen LogP contribution in [-0.4, -0.2) is 12.6 Å². The maximum absolute atomic E-state index is 6.17. The number of nitrogens with one attached hydrogen (secondary N) is 1. The van der Waals surface area contributed by atoms with E-state index in [4.69, 9.17) is 16.3 Å². The van der Waals surface area contributed by atoms with Crippen molar-refractivity contribution in [1.29, 1.82) is 0 Å². The lowest BCUT2D eigenvalue weighted by atomic mass is 9.99. The molecule has 3 heteroatoms. The summed E-state index contributed by atoms with van der Waals surface area (Å²) in [5.41, 5.74) is 3.57. The van der Waals surface area contributed by atoms with Crippen molar-refractivity contribution in [2.24, 2.45) is 0 Å². The highest BCUT2D eigenvalue weighted by atomic mass is 35.5. The van der Waals surface area contributed by atoms with E-state index in [2.05, 4.69) is 37.4 Å². The second-order valence-electron chi connectivity index (χ2n) is 5.29.